The zero-order valence-corrected chi connectivity index (χ0v) is 13.8. The Hall–Kier alpha value is -3.02. The molecule has 1 atom stereocenters. The summed E-state index contributed by atoms with van der Waals surface area (Å²) in [5.41, 5.74) is 3.36. The molecule has 3 aromatic rings. The van der Waals surface area contributed by atoms with Gasteiger partial charge < -0.3 is 5.32 Å². The molecule has 1 aliphatic rings. The molecule has 6 nitrogen and oxygen atoms in total. The second-order valence-electron chi connectivity index (χ2n) is 6.19. The van der Waals surface area contributed by atoms with E-state index >= 15 is 0 Å². The van der Waals surface area contributed by atoms with Gasteiger partial charge in [0.05, 0.1) is 5.92 Å². The normalized spacial score (nSPS) is 16.2. The van der Waals surface area contributed by atoms with E-state index in [2.05, 4.69) is 32.5 Å². The van der Waals surface area contributed by atoms with Gasteiger partial charge in [-0.15, -0.1) is 0 Å². The van der Waals surface area contributed by atoms with Crippen LogP contribution < -0.4 is 5.32 Å². The van der Waals surface area contributed by atoms with E-state index in [1.54, 1.807) is 17.2 Å². The molecule has 126 valence electrons. The summed E-state index contributed by atoms with van der Waals surface area (Å²) in [6, 6.07) is 12.0. The van der Waals surface area contributed by atoms with Crippen molar-refractivity contribution >= 4 is 5.91 Å². The number of aryl methyl sites for hydroxylation is 1. The van der Waals surface area contributed by atoms with E-state index < -0.39 is 0 Å². The largest absolute Gasteiger partial charge is 0.351 e. The van der Waals surface area contributed by atoms with E-state index in [0.717, 1.165) is 30.4 Å². The molecule has 0 aliphatic heterocycles. The minimum absolute atomic E-state index is 0.0699. The third-order valence-corrected chi connectivity index (χ3v) is 4.64. The van der Waals surface area contributed by atoms with Crippen LogP contribution in [0.2, 0.25) is 0 Å². The van der Waals surface area contributed by atoms with Crippen molar-refractivity contribution in [2.24, 2.45) is 0 Å². The fourth-order valence-electron chi connectivity index (χ4n) is 3.42. The van der Waals surface area contributed by atoms with Gasteiger partial charge in [0.15, 0.2) is 5.82 Å². The van der Waals surface area contributed by atoms with Crippen molar-refractivity contribution in [2.45, 2.75) is 31.7 Å². The van der Waals surface area contributed by atoms with Crippen LogP contribution in [0.5, 0.6) is 0 Å². The summed E-state index contributed by atoms with van der Waals surface area (Å²) in [4.78, 5) is 21.1. The number of hydrogen-bond donors (Lipinski definition) is 1. The maximum Gasteiger partial charge on any atom is 0.227 e. The smallest absolute Gasteiger partial charge is 0.227 e. The number of hydrogen-bond acceptors (Lipinski definition) is 4. The van der Waals surface area contributed by atoms with E-state index in [1.807, 2.05) is 24.3 Å². The van der Waals surface area contributed by atoms with Crippen LogP contribution in [0.4, 0.5) is 0 Å². The first-order valence-electron chi connectivity index (χ1n) is 8.47. The van der Waals surface area contributed by atoms with Gasteiger partial charge in [-0.25, -0.2) is 14.6 Å². The van der Waals surface area contributed by atoms with Crippen LogP contribution in [-0.2, 0) is 17.8 Å². The summed E-state index contributed by atoms with van der Waals surface area (Å²) in [5.74, 6) is 0.682. The number of aromatic nitrogens is 4. The molecule has 0 unspecified atom stereocenters. The lowest BCUT2D eigenvalue weighted by molar-refractivity contribution is -0.123. The van der Waals surface area contributed by atoms with Gasteiger partial charge in [-0.3, -0.25) is 4.79 Å². The minimum atomic E-state index is -0.0727. The highest BCUT2D eigenvalue weighted by atomic mass is 16.1. The van der Waals surface area contributed by atoms with Gasteiger partial charge >= 0.3 is 0 Å². The van der Waals surface area contributed by atoms with Crippen molar-refractivity contribution in [3.63, 3.8) is 0 Å². The van der Waals surface area contributed by atoms with Crippen LogP contribution in [0.25, 0.3) is 5.82 Å². The fraction of sp³-hybridized carbons (Fsp3) is 0.263. The van der Waals surface area contributed by atoms with Crippen molar-refractivity contribution in [1.29, 1.82) is 0 Å². The Balaban J connectivity index is 1.51. The zero-order chi connectivity index (χ0) is 17.1. The summed E-state index contributed by atoms with van der Waals surface area (Å²) in [7, 11) is 0. The quantitative estimate of drug-likeness (QED) is 0.796. The van der Waals surface area contributed by atoms with Crippen molar-refractivity contribution in [3.8, 4) is 5.82 Å². The molecule has 0 saturated heterocycles. The predicted octanol–water partition coefficient (Wildman–Crippen LogP) is 2.40. The van der Waals surface area contributed by atoms with Gasteiger partial charge in [0.1, 0.15) is 12.7 Å². The second kappa shape index (κ2) is 6.84. The number of carbonyl (C=O) groups excluding carboxylic acids is 1. The molecule has 0 bridgehead atoms. The molecule has 1 aliphatic carbocycles. The first-order valence-corrected chi connectivity index (χ1v) is 8.47. The molecule has 6 heteroatoms. The molecule has 1 N–H and O–H groups in total. The van der Waals surface area contributed by atoms with Gasteiger partial charge in [-0.1, -0.05) is 30.3 Å². The predicted molar refractivity (Wildman–Crippen MR) is 93.1 cm³/mol. The maximum absolute atomic E-state index is 12.8. The minimum Gasteiger partial charge on any atom is -0.351 e. The average molecular weight is 333 g/mol. The number of carbonyl (C=O) groups is 1. The third kappa shape index (κ3) is 3.15. The maximum atomic E-state index is 12.8. The highest BCUT2D eigenvalue weighted by molar-refractivity contribution is 5.84. The first-order chi connectivity index (χ1) is 12.3. The van der Waals surface area contributed by atoms with Crippen molar-refractivity contribution < 1.29 is 4.79 Å². The summed E-state index contributed by atoms with van der Waals surface area (Å²) < 4.78 is 1.61. The fourth-order valence-corrected chi connectivity index (χ4v) is 3.42. The molecule has 0 saturated carbocycles. The van der Waals surface area contributed by atoms with Gasteiger partial charge in [-0.2, -0.15) is 5.10 Å². The number of rotatable bonds is 4. The Kier molecular flexibility index (Phi) is 4.24. The molecule has 25 heavy (non-hydrogen) atoms. The molecule has 4 rings (SSSR count). The molecule has 2 aromatic heterocycles. The number of nitrogens with zero attached hydrogens (tertiary/aromatic N) is 4. The van der Waals surface area contributed by atoms with Crippen molar-refractivity contribution in [1.82, 2.24) is 25.1 Å². The van der Waals surface area contributed by atoms with Crippen LogP contribution in [0.1, 0.15) is 35.4 Å². The number of amides is 1. The Morgan fingerprint density at radius 3 is 3.04 bits per heavy atom. The SMILES string of the molecule is O=C(NCc1cccnc1-n1cncn1)[C@@H]1CCCc2ccccc21. The van der Waals surface area contributed by atoms with Gasteiger partial charge in [0, 0.05) is 18.3 Å². The van der Waals surface area contributed by atoms with Gasteiger partial charge in [0.2, 0.25) is 5.91 Å². The van der Waals surface area contributed by atoms with Gasteiger partial charge in [-0.05, 0) is 36.5 Å². The van der Waals surface area contributed by atoms with E-state index in [-0.39, 0.29) is 11.8 Å². The molecule has 2 heterocycles. The monoisotopic (exact) mass is 333 g/mol. The summed E-state index contributed by atoms with van der Waals surface area (Å²) >= 11 is 0. The second-order valence-corrected chi connectivity index (χ2v) is 6.19. The molecular formula is C19H19N5O. The number of nitrogens with one attached hydrogen (secondary N) is 1. The topological polar surface area (TPSA) is 72.7 Å². The van der Waals surface area contributed by atoms with Crippen LogP contribution in [0.15, 0.2) is 55.2 Å². The molecule has 1 aromatic carbocycles. The highest BCUT2D eigenvalue weighted by Gasteiger charge is 2.26. The Labute approximate surface area is 145 Å². The number of fused-ring (bicyclic) bond motifs is 1. The average Bonchev–Trinajstić information content (AvgIpc) is 3.20. The number of pyridine rings is 1. The molecule has 0 fully saturated rings. The standard InChI is InChI=1S/C19H19N5O/c25-19(17-9-3-6-14-5-1-2-8-16(14)17)22-11-15-7-4-10-21-18(15)24-13-20-12-23-24/h1-2,4-5,7-8,10,12-13,17H,3,6,9,11H2,(H,22,25)/t17-/m1/s1. The van der Waals surface area contributed by atoms with Crippen LogP contribution in [0.3, 0.4) is 0 Å². The number of benzene rings is 1. The lowest BCUT2D eigenvalue weighted by Crippen LogP contribution is -2.31. The Morgan fingerprint density at radius 2 is 2.16 bits per heavy atom. The molecule has 0 spiro atoms. The van der Waals surface area contributed by atoms with Crippen LogP contribution in [-0.4, -0.2) is 25.7 Å². The molecular weight excluding hydrogens is 314 g/mol. The van der Waals surface area contributed by atoms with Crippen LogP contribution >= 0.6 is 0 Å². The first kappa shape index (κ1) is 15.5. The van der Waals surface area contributed by atoms with E-state index in [0.29, 0.717) is 12.4 Å². The summed E-state index contributed by atoms with van der Waals surface area (Å²) in [6.07, 6.45) is 7.78. The Bertz CT molecular complexity index is 875. The lowest BCUT2D eigenvalue weighted by Gasteiger charge is -2.24. The zero-order valence-electron chi connectivity index (χ0n) is 13.8. The van der Waals surface area contributed by atoms with Crippen LogP contribution in [0, 0.1) is 0 Å². The van der Waals surface area contributed by atoms with Crippen molar-refractivity contribution in [3.05, 3.63) is 71.9 Å². The molecule has 1 amide bonds. The lowest BCUT2D eigenvalue weighted by atomic mass is 9.82. The summed E-state index contributed by atoms with van der Waals surface area (Å²) in [5, 5.41) is 7.20. The van der Waals surface area contributed by atoms with E-state index in [4.69, 9.17) is 0 Å². The van der Waals surface area contributed by atoms with Gasteiger partial charge in [0.25, 0.3) is 0 Å². The van der Waals surface area contributed by atoms with E-state index in [9.17, 15) is 4.79 Å². The third-order valence-electron chi connectivity index (χ3n) is 4.64. The molecule has 0 radical (unpaired) electrons. The highest BCUT2D eigenvalue weighted by Crippen LogP contribution is 2.31. The Morgan fingerprint density at radius 1 is 1.24 bits per heavy atom. The van der Waals surface area contributed by atoms with E-state index in [1.165, 1.54) is 11.9 Å². The van der Waals surface area contributed by atoms with Crippen molar-refractivity contribution in [2.75, 3.05) is 0 Å². The summed E-state index contributed by atoms with van der Waals surface area (Å²) in [6.45, 7) is 0.417.